The number of ether oxygens (including phenoxy) is 1. The van der Waals surface area contributed by atoms with Gasteiger partial charge in [-0.25, -0.2) is 0 Å². The van der Waals surface area contributed by atoms with Gasteiger partial charge in [-0.2, -0.15) is 0 Å². The third kappa shape index (κ3) is 5.12. The van der Waals surface area contributed by atoms with Crippen LogP contribution in [0.25, 0.3) is 10.9 Å². The second-order valence-corrected chi connectivity index (χ2v) is 14.9. The van der Waals surface area contributed by atoms with Gasteiger partial charge in [0.15, 0.2) is 0 Å². The Morgan fingerprint density at radius 2 is 1.21 bits per heavy atom. The molecule has 3 nitrogen and oxygen atoms in total. The van der Waals surface area contributed by atoms with Gasteiger partial charge in [0.25, 0.3) is 0 Å². The van der Waals surface area contributed by atoms with Gasteiger partial charge in [-0.05, 0) is 0 Å². The van der Waals surface area contributed by atoms with Crippen LogP contribution < -0.4 is 15.9 Å². The molecule has 5 rings (SSSR count). The van der Waals surface area contributed by atoms with Gasteiger partial charge in [-0.1, -0.05) is 0 Å². The first-order valence-corrected chi connectivity index (χ1v) is 17.0. The number of nitrogens with zero attached hydrogens (tertiary/aromatic N) is 1. The van der Waals surface area contributed by atoms with Gasteiger partial charge in [0.2, 0.25) is 0 Å². The fourth-order valence-corrected chi connectivity index (χ4v) is 10.8. The summed E-state index contributed by atoms with van der Waals surface area (Å²) >= 11 is 0. The maximum atomic E-state index is 13.3. The predicted molar refractivity (Wildman–Crippen MR) is 182 cm³/mol. The number of carbonyl (C=O) groups is 1. The molecule has 0 aliphatic rings. The molecular formula is C38H42NO2P. The molecule has 216 valence electrons. The van der Waals surface area contributed by atoms with Crippen molar-refractivity contribution in [2.75, 3.05) is 6.61 Å². The van der Waals surface area contributed by atoms with Gasteiger partial charge in [-0.15, -0.1) is 0 Å². The first kappa shape index (κ1) is 29.5. The predicted octanol–water partition coefficient (Wildman–Crippen LogP) is 7.76. The third-order valence-corrected chi connectivity index (χ3v) is 13.5. The van der Waals surface area contributed by atoms with Crippen LogP contribution in [0.5, 0.6) is 0 Å². The van der Waals surface area contributed by atoms with Gasteiger partial charge in [0.1, 0.15) is 0 Å². The molecule has 0 aliphatic heterocycles. The second-order valence-electron chi connectivity index (χ2n) is 11.2. The van der Waals surface area contributed by atoms with Crippen molar-refractivity contribution in [1.29, 1.82) is 0 Å². The average Bonchev–Trinajstić information content (AvgIpc) is 3.32. The van der Waals surface area contributed by atoms with Crippen LogP contribution in [-0.4, -0.2) is 17.1 Å². The quantitative estimate of drug-likeness (QED) is 0.133. The number of allylic oxidation sites excluding steroid dienone is 1. The van der Waals surface area contributed by atoms with E-state index in [0.29, 0.717) is 12.3 Å². The number of hydrogen-bond donors (Lipinski definition) is 0. The molecule has 0 fully saturated rings. The Morgan fingerprint density at radius 1 is 0.738 bits per heavy atom. The van der Waals surface area contributed by atoms with E-state index in [1.54, 1.807) is 0 Å². The number of benzene rings is 4. The Bertz CT molecular complexity index is 1640. The molecule has 0 saturated heterocycles. The zero-order chi connectivity index (χ0) is 29.9. The topological polar surface area (TPSA) is 31.2 Å². The Morgan fingerprint density at radius 3 is 1.69 bits per heavy atom. The van der Waals surface area contributed by atoms with Crippen molar-refractivity contribution < 1.29 is 9.53 Å². The zero-order valence-corrected chi connectivity index (χ0v) is 26.7. The summed E-state index contributed by atoms with van der Waals surface area (Å²) in [5.74, 6) is 2.25. The monoisotopic (exact) mass is 575 g/mol. The van der Waals surface area contributed by atoms with Crippen molar-refractivity contribution in [2.45, 2.75) is 47.5 Å². The number of hydrogen-bond acceptors (Lipinski definition) is 2. The molecule has 0 unspecified atom stereocenters. The number of aromatic nitrogens is 1. The molecular weight excluding hydrogens is 533 g/mol. The Kier molecular flexibility index (Phi) is 8.80. The summed E-state index contributed by atoms with van der Waals surface area (Å²) in [6, 6.07) is 32.8. The average molecular weight is 576 g/mol. The van der Waals surface area contributed by atoms with E-state index < -0.39 is 7.26 Å². The Hall–Kier alpha value is -3.94. The van der Waals surface area contributed by atoms with Gasteiger partial charge < -0.3 is 0 Å². The van der Waals surface area contributed by atoms with Gasteiger partial charge >= 0.3 is 252 Å². The summed E-state index contributed by atoms with van der Waals surface area (Å²) in [4.78, 5) is 13.3. The molecule has 4 aromatic carbocycles. The molecule has 4 heteroatoms. The van der Waals surface area contributed by atoms with Crippen molar-refractivity contribution in [3.8, 4) is 0 Å². The van der Waals surface area contributed by atoms with E-state index in [1.807, 2.05) is 14.0 Å². The summed E-state index contributed by atoms with van der Waals surface area (Å²) in [7, 11) is -0.465. The standard InChI is InChI=1S/C38H42NO2P/c1-7-41-38(40)37-34(35-29(4)27(2)28(3)30(5)36(35)39(37)6)25-17-18-26-42(31-19-11-8-12-20-31,32-21-13-9-14-22-32)33-23-15-10-16-24-33/h8-16,18-24,26,42H,7,17,25H2,1-6H3/b26-18+. The molecule has 1 heterocycles. The fraction of sp³-hybridized carbons (Fsp3) is 0.237. The summed E-state index contributed by atoms with van der Waals surface area (Å²) < 4.78 is 7.65. The minimum atomic E-state index is -2.47. The van der Waals surface area contributed by atoms with E-state index in [4.69, 9.17) is 4.74 Å². The van der Waals surface area contributed by atoms with Crippen LogP contribution in [-0.2, 0) is 18.2 Å². The molecule has 5 aromatic rings. The van der Waals surface area contributed by atoms with E-state index >= 15 is 0 Å². The number of rotatable bonds is 9. The molecule has 0 bridgehead atoms. The second kappa shape index (κ2) is 12.5. The Labute approximate surface area is 251 Å². The van der Waals surface area contributed by atoms with Crippen LogP contribution in [0.3, 0.4) is 0 Å². The summed E-state index contributed by atoms with van der Waals surface area (Å²) in [6.45, 7) is 11.0. The van der Waals surface area contributed by atoms with Gasteiger partial charge in [0, 0.05) is 0 Å². The summed E-state index contributed by atoms with van der Waals surface area (Å²) in [5.41, 5.74) is 7.96. The van der Waals surface area contributed by atoms with E-state index in [-0.39, 0.29) is 5.97 Å². The first-order chi connectivity index (χ1) is 20.3. The number of esters is 1. The van der Waals surface area contributed by atoms with Crippen LogP contribution >= 0.6 is 7.26 Å². The van der Waals surface area contributed by atoms with Crippen LogP contribution in [0.1, 0.15) is 51.7 Å². The Balaban J connectivity index is 1.64. The first-order valence-electron chi connectivity index (χ1n) is 14.9. The zero-order valence-electron chi connectivity index (χ0n) is 25.7. The van der Waals surface area contributed by atoms with E-state index in [2.05, 4.69) is 135 Å². The molecule has 1 aromatic heterocycles. The molecule has 0 atom stereocenters. The van der Waals surface area contributed by atoms with Crippen LogP contribution in [0.4, 0.5) is 0 Å². The molecule has 0 radical (unpaired) electrons. The molecule has 0 amide bonds. The molecule has 42 heavy (non-hydrogen) atoms. The normalized spacial score (nSPS) is 12.2. The molecule has 0 aliphatic carbocycles. The van der Waals surface area contributed by atoms with Crippen molar-refractivity contribution in [3.05, 3.63) is 136 Å². The van der Waals surface area contributed by atoms with Crippen LogP contribution in [0.15, 0.2) is 103 Å². The molecule has 0 saturated carbocycles. The number of aryl methyl sites for hydroxylation is 4. The van der Waals surface area contributed by atoms with Crippen molar-refractivity contribution in [3.63, 3.8) is 0 Å². The van der Waals surface area contributed by atoms with E-state index in [0.717, 1.165) is 23.9 Å². The van der Waals surface area contributed by atoms with Crippen molar-refractivity contribution in [2.24, 2.45) is 7.05 Å². The summed E-state index contributed by atoms with van der Waals surface area (Å²) in [5, 5.41) is 5.27. The van der Waals surface area contributed by atoms with Crippen molar-refractivity contribution in [1.82, 2.24) is 4.57 Å². The van der Waals surface area contributed by atoms with Gasteiger partial charge in [-0.3, -0.25) is 0 Å². The maximum absolute atomic E-state index is 13.3. The SMILES string of the molecule is CCOC(=O)c1c(CC/C=C/[PH](c2ccccc2)(c2ccccc2)c2ccccc2)c2c(C)c(C)c(C)c(C)c2n1C. The van der Waals surface area contributed by atoms with Crippen molar-refractivity contribution >= 4 is 40.0 Å². The van der Waals surface area contributed by atoms with E-state index in [1.165, 1.54) is 43.6 Å². The number of carbonyl (C=O) groups excluding carboxylic acids is 1. The van der Waals surface area contributed by atoms with Crippen LogP contribution in [0, 0.1) is 27.7 Å². The van der Waals surface area contributed by atoms with E-state index in [9.17, 15) is 4.79 Å². The third-order valence-electron chi connectivity index (χ3n) is 9.00. The molecule has 0 N–H and O–H groups in total. The number of fused-ring (bicyclic) bond motifs is 1. The fourth-order valence-electron chi connectivity index (χ4n) is 6.60. The van der Waals surface area contributed by atoms with Crippen LogP contribution in [0.2, 0.25) is 0 Å². The minimum absolute atomic E-state index is 0.245. The van der Waals surface area contributed by atoms with Gasteiger partial charge in [0.05, 0.1) is 0 Å². The molecule has 0 spiro atoms. The summed E-state index contributed by atoms with van der Waals surface area (Å²) in [6.07, 6.45) is 3.93.